The Bertz CT molecular complexity index is 322. The number of carbonyl (C=O) groups excluding carboxylic acids is 1. The molecule has 1 rings (SSSR count). The number of ketones is 1. The molecule has 0 aromatic rings. The number of aliphatic hydroxyl groups excluding tert-OH is 1. The van der Waals surface area contributed by atoms with Crippen LogP contribution in [0.15, 0.2) is 23.5 Å². The van der Waals surface area contributed by atoms with Crippen molar-refractivity contribution in [1.82, 2.24) is 0 Å². The average molecular weight is 222 g/mol. The summed E-state index contributed by atoms with van der Waals surface area (Å²) in [4.78, 5) is 11.4. The highest BCUT2D eigenvalue weighted by atomic mass is 16.3. The van der Waals surface area contributed by atoms with Gasteiger partial charge >= 0.3 is 0 Å². The maximum atomic E-state index is 11.4. The number of unbranched alkanes of at least 4 members (excludes halogenated alkanes) is 2. The summed E-state index contributed by atoms with van der Waals surface area (Å²) in [5.74, 6) is -0.255. The summed E-state index contributed by atoms with van der Waals surface area (Å²) in [6.45, 7) is 6.55. The van der Waals surface area contributed by atoms with Gasteiger partial charge < -0.3 is 5.11 Å². The molecule has 0 aliphatic heterocycles. The Labute approximate surface area is 98.1 Å². The molecule has 0 saturated carbocycles. The van der Waals surface area contributed by atoms with Crippen LogP contribution in [-0.4, -0.2) is 10.9 Å². The molecule has 0 spiro atoms. The standard InChI is InChI=1S/C14H22O2/c1-4-5-6-9-14(2,3)11-7-8-12(15)13(16)10-11/h7-8,15H,4-6,9-10H2,1-3H3. The molecule has 0 heterocycles. The molecular weight excluding hydrogens is 200 g/mol. The molecule has 0 bridgehead atoms. The van der Waals surface area contributed by atoms with E-state index in [1.807, 2.05) is 6.08 Å². The molecule has 2 nitrogen and oxygen atoms in total. The molecule has 0 saturated heterocycles. The van der Waals surface area contributed by atoms with E-state index in [0.29, 0.717) is 6.42 Å². The summed E-state index contributed by atoms with van der Waals surface area (Å²) < 4.78 is 0. The fourth-order valence-electron chi connectivity index (χ4n) is 2.04. The molecule has 90 valence electrons. The van der Waals surface area contributed by atoms with Crippen molar-refractivity contribution in [2.24, 2.45) is 5.41 Å². The molecule has 0 atom stereocenters. The zero-order chi connectivity index (χ0) is 12.2. The van der Waals surface area contributed by atoms with Gasteiger partial charge in [-0.1, -0.05) is 51.7 Å². The van der Waals surface area contributed by atoms with Gasteiger partial charge in [0.15, 0.2) is 5.76 Å². The normalized spacial score (nSPS) is 17.1. The zero-order valence-corrected chi connectivity index (χ0v) is 10.5. The van der Waals surface area contributed by atoms with Gasteiger partial charge in [-0.25, -0.2) is 0 Å². The second-order valence-electron chi connectivity index (χ2n) is 5.18. The lowest BCUT2D eigenvalue weighted by molar-refractivity contribution is -0.117. The highest BCUT2D eigenvalue weighted by Gasteiger charge is 2.27. The van der Waals surface area contributed by atoms with Crippen molar-refractivity contribution in [2.75, 3.05) is 0 Å². The number of allylic oxidation sites excluding steroid dienone is 4. The highest BCUT2D eigenvalue weighted by molar-refractivity contribution is 5.96. The molecule has 1 N–H and O–H groups in total. The van der Waals surface area contributed by atoms with Gasteiger partial charge in [-0.15, -0.1) is 0 Å². The number of Topliss-reactive ketones (excluding diaryl/α,β-unsaturated/α-hetero) is 1. The van der Waals surface area contributed by atoms with Crippen LogP contribution in [0.3, 0.4) is 0 Å². The van der Waals surface area contributed by atoms with Crippen LogP contribution in [0.2, 0.25) is 0 Å². The van der Waals surface area contributed by atoms with E-state index in [-0.39, 0.29) is 17.0 Å². The highest BCUT2D eigenvalue weighted by Crippen LogP contribution is 2.36. The molecular formula is C14H22O2. The predicted octanol–water partition coefficient (Wildman–Crippen LogP) is 3.93. The monoisotopic (exact) mass is 222 g/mol. The Kier molecular flexibility index (Phi) is 4.34. The lowest BCUT2D eigenvalue weighted by atomic mass is 9.76. The van der Waals surface area contributed by atoms with Crippen molar-refractivity contribution in [3.05, 3.63) is 23.5 Å². The molecule has 0 unspecified atom stereocenters. The zero-order valence-electron chi connectivity index (χ0n) is 10.5. The Morgan fingerprint density at radius 2 is 2.00 bits per heavy atom. The smallest absolute Gasteiger partial charge is 0.201 e. The summed E-state index contributed by atoms with van der Waals surface area (Å²) in [5.41, 5.74) is 1.22. The van der Waals surface area contributed by atoms with Crippen molar-refractivity contribution in [3.8, 4) is 0 Å². The van der Waals surface area contributed by atoms with Gasteiger partial charge in [0, 0.05) is 6.42 Å². The number of carbonyl (C=O) groups is 1. The van der Waals surface area contributed by atoms with Crippen molar-refractivity contribution < 1.29 is 9.90 Å². The first-order chi connectivity index (χ1) is 7.47. The Hall–Kier alpha value is -1.05. The average Bonchev–Trinajstić information content (AvgIpc) is 2.22. The van der Waals surface area contributed by atoms with Gasteiger partial charge in [0.2, 0.25) is 5.78 Å². The SMILES string of the molecule is CCCCCC(C)(C)C1=CC=C(O)C(=O)C1. The van der Waals surface area contributed by atoms with Crippen LogP contribution in [-0.2, 0) is 4.79 Å². The summed E-state index contributed by atoms with van der Waals surface area (Å²) in [6, 6.07) is 0. The lowest BCUT2D eigenvalue weighted by Crippen LogP contribution is -2.20. The molecule has 1 aliphatic rings. The molecule has 0 aromatic carbocycles. The van der Waals surface area contributed by atoms with Crippen molar-refractivity contribution in [3.63, 3.8) is 0 Å². The van der Waals surface area contributed by atoms with Crippen LogP contribution in [0.1, 0.15) is 52.9 Å². The van der Waals surface area contributed by atoms with Crippen LogP contribution < -0.4 is 0 Å². The topological polar surface area (TPSA) is 37.3 Å². The Morgan fingerprint density at radius 3 is 2.56 bits per heavy atom. The fraction of sp³-hybridized carbons (Fsp3) is 0.643. The summed E-state index contributed by atoms with van der Waals surface area (Å²) in [5, 5.41) is 9.24. The second kappa shape index (κ2) is 5.33. The minimum absolute atomic E-state index is 0.0715. The Balaban J connectivity index is 2.65. The predicted molar refractivity (Wildman–Crippen MR) is 66.3 cm³/mol. The van der Waals surface area contributed by atoms with E-state index in [4.69, 9.17) is 0 Å². The van der Waals surface area contributed by atoms with E-state index in [0.717, 1.165) is 12.0 Å². The minimum atomic E-state index is -0.152. The van der Waals surface area contributed by atoms with Gasteiger partial charge in [0.05, 0.1) is 0 Å². The molecule has 0 radical (unpaired) electrons. The van der Waals surface area contributed by atoms with Crippen LogP contribution in [0.5, 0.6) is 0 Å². The van der Waals surface area contributed by atoms with E-state index < -0.39 is 0 Å². The van der Waals surface area contributed by atoms with Crippen LogP contribution >= 0.6 is 0 Å². The quantitative estimate of drug-likeness (QED) is 0.715. The van der Waals surface area contributed by atoms with E-state index in [1.54, 1.807) is 0 Å². The number of aliphatic hydroxyl groups is 1. The first-order valence-electron chi connectivity index (χ1n) is 6.11. The third kappa shape index (κ3) is 3.22. The van der Waals surface area contributed by atoms with Gasteiger partial charge in [0.1, 0.15) is 0 Å². The molecule has 1 aliphatic carbocycles. The number of hydrogen-bond donors (Lipinski definition) is 1. The largest absolute Gasteiger partial charge is 0.504 e. The van der Waals surface area contributed by atoms with Gasteiger partial charge in [-0.2, -0.15) is 0 Å². The lowest BCUT2D eigenvalue weighted by Gasteiger charge is -2.29. The summed E-state index contributed by atoms with van der Waals surface area (Å²) >= 11 is 0. The molecule has 16 heavy (non-hydrogen) atoms. The fourth-order valence-corrected chi connectivity index (χ4v) is 2.04. The molecule has 0 amide bonds. The summed E-state index contributed by atoms with van der Waals surface area (Å²) in [7, 11) is 0. The van der Waals surface area contributed by atoms with E-state index >= 15 is 0 Å². The van der Waals surface area contributed by atoms with Crippen molar-refractivity contribution in [2.45, 2.75) is 52.9 Å². The molecule has 0 aromatic heterocycles. The maximum Gasteiger partial charge on any atom is 0.201 e. The first kappa shape index (κ1) is 13.0. The summed E-state index contributed by atoms with van der Waals surface area (Å²) in [6.07, 6.45) is 8.58. The van der Waals surface area contributed by atoms with Crippen molar-refractivity contribution in [1.29, 1.82) is 0 Å². The van der Waals surface area contributed by atoms with Gasteiger partial charge in [-0.3, -0.25) is 4.79 Å². The van der Waals surface area contributed by atoms with Crippen molar-refractivity contribution >= 4 is 5.78 Å². The van der Waals surface area contributed by atoms with Gasteiger partial charge in [0.25, 0.3) is 0 Å². The van der Waals surface area contributed by atoms with Gasteiger partial charge in [-0.05, 0) is 17.9 Å². The van der Waals surface area contributed by atoms with Crippen LogP contribution in [0.4, 0.5) is 0 Å². The maximum absolute atomic E-state index is 11.4. The Morgan fingerprint density at radius 1 is 1.31 bits per heavy atom. The van der Waals surface area contributed by atoms with E-state index in [1.165, 1.54) is 25.3 Å². The number of hydrogen-bond acceptors (Lipinski definition) is 2. The van der Waals surface area contributed by atoms with Crippen LogP contribution in [0.25, 0.3) is 0 Å². The third-order valence-corrected chi connectivity index (χ3v) is 3.35. The van der Waals surface area contributed by atoms with Crippen LogP contribution in [0, 0.1) is 5.41 Å². The van der Waals surface area contributed by atoms with E-state index in [9.17, 15) is 9.90 Å². The third-order valence-electron chi connectivity index (χ3n) is 3.35. The number of rotatable bonds is 5. The first-order valence-corrected chi connectivity index (χ1v) is 6.11. The minimum Gasteiger partial charge on any atom is -0.504 e. The van der Waals surface area contributed by atoms with E-state index in [2.05, 4.69) is 20.8 Å². The second-order valence-corrected chi connectivity index (χ2v) is 5.18. The molecule has 0 fully saturated rings. The molecule has 2 heteroatoms.